The van der Waals surface area contributed by atoms with Crippen LogP contribution < -0.4 is 5.32 Å². The lowest BCUT2D eigenvalue weighted by Gasteiger charge is -2.08. The third-order valence-electron chi connectivity index (χ3n) is 1.81. The molecule has 0 fully saturated rings. The highest BCUT2D eigenvalue weighted by Crippen LogP contribution is 2.08. The van der Waals surface area contributed by atoms with Gasteiger partial charge in [-0.25, -0.2) is 0 Å². The standard InChI is InChI=1S/C9H14N2/c1-7-4-5-11-9(6-7)8(2)10-3/h4-6,8,10H,1-3H3/t8-/m1/s1. The molecule has 0 aliphatic carbocycles. The lowest BCUT2D eigenvalue weighted by atomic mass is 10.2. The first kappa shape index (κ1) is 8.21. The molecule has 11 heavy (non-hydrogen) atoms. The molecule has 0 saturated carbocycles. The second kappa shape index (κ2) is 3.49. The van der Waals surface area contributed by atoms with Gasteiger partial charge in [-0.05, 0) is 38.6 Å². The van der Waals surface area contributed by atoms with Gasteiger partial charge in [0.2, 0.25) is 0 Å². The van der Waals surface area contributed by atoms with Crippen molar-refractivity contribution in [2.75, 3.05) is 7.05 Å². The molecule has 1 rings (SSSR count). The number of nitrogens with one attached hydrogen (secondary N) is 1. The topological polar surface area (TPSA) is 24.9 Å². The average Bonchev–Trinajstić information content (AvgIpc) is 2.03. The first-order valence-electron chi connectivity index (χ1n) is 3.84. The maximum absolute atomic E-state index is 4.25. The van der Waals surface area contributed by atoms with Gasteiger partial charge in [0, 0.05) is 12.2 Å². The summed E-state index contributed by atoms with van der Waals surface area (Å²) in [6.07, 6.45) is 1.85. The van der Waals surface area contributed by atoms with Crippen LogP contribution in [0.4, 0.5) is 0 Å². The fourth-order valence-electron chi connectivity index (χ4n) is 0.944. The smallest absolute Gasteiger partial charge is 0.0572 e. The largest absolute Gasteiger partial charge is 0.312 e. The summed E-state index contributed by atoms with van der Waals surface area (Å²) >= 11 is 0. The highest BCUT2D eigenvalue weighted by molar-refractivity contribution is 5.16. The van der Waals surface area contributed by atoms with Gasteiger partial charge in [0.05, 0.1) is 5.69 Å². The maximum Gasteiger partial charge on any atom is 0.0572 e. The summed E-state index contributed by atoms with van der Waals surface area (Å²) in [5.74, 6) is 0. The van der Waals surface area contributed by atoms with Crippen molar-refractivity contribution in [1.82, 2.24) is 10.3 Å². The van der Waals surface area contributed by atoms with E-state index in [1.165, 1.54) is 5.56 Å². The van der Waals surface area contributed by atoms with Crippen LogP contribution in [0.25, 0.3) is 0 Å². The molecule has 0 saturated heterocycles. The van der Waals surface area contributed by atoms with Crippen LogP contribution in [0.3, 0.4) is 0 Å². The molecule has 0 aromatic carbocycles. The summed E-state index contributed by atoms with van der Waals surface area (Å²) in [6.45, 7) is 4.18. The second-order valence-corrected chi connectivity index (χ2v) is 2.77. The molecule has 0 bridgehead atoms. The third kappa shape index (κ3) is 2.02. The predicted molar refractivity (Wildman–Crippen MR) is 46.4 cm³/mol. The van der Waals surface area contributed by atoms with E-state index >= 15 is 0 Å². The molecule has 1 N–H and O–H groups in total. The van der Waals surface area contributed by atoms with Crippen molar-refractivity contribution < 1.29 is 0 Å². The van der Waals surface area contributed by atoms with Crippen LogP contribution in [0.5, 0.6) is 0 Å². The Hall–Kier alpha value is -0.890. The van der Waals surface area contributed by atoms with Crippen molar-refractivity contribution in [3.8, 4) is 0 Å². The zero-order valence-corrected chi connectivity index (χ0v) is 7.26. The summed E-state index contributed by atoms with van der Waals surface area (Å²) in [7, 11) is 1.94. The van der Waals surface area contributed by atoms with Gasteiger partial charge in [-0.2, -0.15) is 0 Å². The Labute approximate surface area is 67.7 Å². The minimum absolute atomic E-state index is 0.342. The van der Waals surface area contributed by atoms with E-state index in [0.717, 1.165) is 5.69 Å². The van der Waals surface area contributed by atoms with E-state index < -0.39 is 0 Å². The van der Waals surface area contributed by atoms with E-state index in [1.54, 1.807) is 0 Å². The van der Waals surface area contributed by atoms with Gasteiger partial charge in [-0.1, -0.05) is 0 Å². The number of hydrogen-bond acceptors (Lipinski definition) is 2. The Morgan fingerprint density at radius 2 is 2.27 bits per heavy atom. The van der Waals surface area contributed by atoms with E-state index in [9.17, 15) is 0 Å². The van der Waals surface area contributed by atoms with Crippen molar-refractivity contribution >= 4 is 0 Å². The van der Waals surface area contributed by atoms with Crippen LogP contribution in [-0.4, -0.2) is 12.0 Å². The Morgan fingerprint density at radius 3 is 2.82 bits per heavy atom. The van der Waals surface area contributed by atoms with Crippen LogP contribution in [-0.2, 0) is 0 Å². The molecule has 60 valence electrons. The normalized spacial score (nSPS) is 13.0. The summed E-state index contributed by atoms with van der Waals surface area (Å²) in [5, 5.41) is 3.15. The lowest BCUT2D eigenvalue weighted by molar-refractivity contribution is 0.632. The summed E-state index contributed by atoms with van der Waals surface area (Å²) in [6, 6.07) is 4.45. The van der Waals surface area contributed by atoms with Crippen molar-refractivity contribution in [1.29, 1.82) is 0 Å². The summed E-state index contributed by atoms with van der Waals surface area (Å²) in [4.78, 5) is 4.25. The van der Waals surface area contributed by atoms with Crippen molar-refractivity contribution in [3.63, 3.8) is 0 Å². The molecule has 0 amide bonds. The maximum atomic E-state index is 4.25. The van der Waals surface area contributed by atoms with Crippen LogP contribution >= 0.6 is 0 Å². The van der Waals surface area contributed by atoms with Crippen molar-refractivity contribution in [2.24, 2.45) is 0 Å². The molecule has 0 spiro atoms. The molecule has 1 aromatic heterocycles. The minimum Gasteiger partial charge on any atom is -0.312 e. The number of rotatable bonds is 2. The lowest BCUT2D eigenvalue weighted by Crippen LogP contribution is -2.13. The first-order chi connectivity index (χ1) is 5.24. The fraction of sp³-hybridized carbons (Fsp3) is 0.444. The van der Waals surface area contributed by atoms with Crippen molar-refractivity contribution in [3.05, 3.63) is 29.6 Å². The number of aryl methyl sites for hydroxylation is 1. The zero-order chi connectivity index (χ0) is 8.27. The molecule has 0 unspecified atom stereocenters. The van der Waals surface area contributed by atoms with Gasteiger partial charge >= 0.3 is 0 Å². The minimum atomic E-state index is 0.342. The first-order valence-corrected chi connectivity index (χ1v) is 3.84. The number of nitrogens with zero attached hydrogens (tertiary/aromatic N) is 1. The van der Waals surface area contributed by atoms with Gasteiger partial charge in [0.25, 0.3) is 0 Å². The highest BCUT2D eigenvalue weighted by atomic mass is 14.9. The average molecular weight is 150 g/mol. The van der Waals surface area contributed by atoms with Gasteiger partial charge in [-0.15, -0.1) is 0 Å². The Kier molecular flexibility index (Phi) is 2.60. The second-order valence-electron chi connectivity index (χ2n) is 2.77. The Balaban J connectivity index is 2.86. The fourth-order valence-corrected chi connectivity index (χ4v) is 0.944. The van der Waals surface area contributed by atoms with Crippen LogP contribution in [0, 0.1) is 6.92 Å². The monoisotopic (exact) mass is 150 g/mol. The van der Waals surface area contributed by atoms with E-state index in [0.29, 0.717) is 6.04 Å². The number of hydrogen-bond donors (Lipinski definition) is 1. The van der Waals surface area contributed by atoms with Crippen LogP contribution in [0.15, 0.2) is 18.3 Å². The molecule has 1 atom stereocenters. The quantitative estimate of drug-likeness (QED) is 0.693. The SMILES string of the molecule is CN[C@H](C)c1cc(C)ccn1. The molecule has 2 heteroatoms. The number of pyridine rings is 1. The van der Waals surface area contributed by atoms with Gasteiger partial charge < -0.3 is 5.32 Å². The predicted octanol–water partition coefficient (Wildman–Crippen LogP) is 1.67. The molecular formula is C9H14N2. The van der Waals surface area contributed by atoms with Gasteiger partial charge in [0.1, 0.15) is 0 Å². The number of aromatic nitrogens is 1. The molecule has 1 aromatic rings. The highest BCUT2D eigenvalue weighted by Gasteiger charge is 2.01. The van der Waals surface area contributed by atoms with E-state index in [1.807, 2.05) is 19.3 Å². The molecule has 2 nitrogen and oxygen atoms in total. The van der Waals surface area contributed by atoms with E-state index in [2.05, 4.69) is 30.2 Å². The van der Waals surface area contributed by atoms with E-state index in [-0.39, 0.29) is 0 Å². The molecule has 0 radical (unpaired) electrons. The van der Waals surface area contributed by atoms with Crippen LogP contribution in [0.2, 0.25) is 0 Å². The van der Waals surface area contributed by atoms with E-state index in [4.69, 9.17) is 0 Å². The van der Waals surface area contributed by atoms with Gasteiger partial charge in [0.15, 0.2) is 0 Å². The van der Waals surface area contributed by atoms with Gasteiger partial charge in [-0.3, -0.25) is 4.98 Å². The van der Waals surface area contributed by atoms with Crippen LogP contribution in [0.1, 0.15) is 24.2 Å². The molecule has 0 aliphatic rings. The molecule has 0 aliphatic heterocycles. The molecular weight excluding hydrogens is 136 g/mol. The third-order valence-corrected chi connectivity index (χ3v) is 1.81. The Morgan fingerprint density at radius 1 is 1.55 bits per heavy atom. The molecule has 1 heterocycles. The summed E-state index contributed by atoms with van der Waals surface area (Å²) in [5.41, 5.74) is 2.37. The summed E-state index contributed by atoms with van der Waals surface area (Å²) < 4.78 is 0. The zero-order valence-electron chi connectivity index (χ0n) is 7.26. The Bertz CT molecular complexity index is 233. The van der Waals surface area contributed by atoms with Crippen molar-refractivity contribution in [2.45, 2.75) is 19.9 Å².